The van der Waals surface area contributed by atoms with Gasteiger partial charge in [0.25, 0.3) is 0 Å². The van der Waals surface area contributed by atoms with E-state index in [4.69, 9.17) is 4.52 Å². The van der Waals surface area contributed by atoms with Gasteiger partial charge < -0.3 is 4.52 Å². The quantitative estimate of drug-likeness (QED) is 0.726. The van der Waals surface area contributed by atoms with Gasteiger partial charge in [0.15, 0.2) is 0 Å². The number of hydrogen-bond acceptors (Lipinski definition) is 3. The number of halogens is 1. The smallest absolute Gasteiger partial charge is 0.138 e. The Balaban J connectivity index is 2.04. The first-order valence-electron chi connectivity index (χ1n) is 4.95. The Labute approximate surface area is 82.9 Å². The first-order valence-corrected chi connectivity index (χ1v) is 4.95. The normalized spacial score (nSPS) is 23.2. The van der Waals surface area contributed by atoms with Crippen LogP contribution >= 0.6 is 0 Å². The summed E-state index contributed by atoms with van der Waals surface area (Å²) in [5.74, 6) is 0.852. The Bertz CT molecular complexity index is 304. The lowest BCUT2D eigenvalue weighted by Gasteiger charge is -2.13. The summed E-state index contributed by atoms with van der Waals surface area (Å²) in [6.07, 6.45) is -0.000844. The van der Waals surface area contributed by atoms with Gasteiger partial charge in [-0.25, -0.2) is 4.39 Å². The fraction of sp³-hybridized carbons (Fsp3) is 0.700. The van der Waals surface area contributed by atoms with Crippen LogP contribution in [0.4, 0.5) is 4.39 Å². The summed E-state index contributed by atoms with van der Waals surface area (Å²) >= 11 is 0. The average molecular weight is 198 g/mol. The van der Waals surface area contributed by atoms with Crippen LogP contribution < -0.4 is 0 Å². The highest BCUT2D eigenvalue weighted by Crippen LogP contribution is 2.19. The van der Waals surface area contributed by atoms with E-state index in [-0.39, 0.29) is 0 Å². The number of aromatic nitrogens is 1. The average Bonchev–Trinajstić information content (AvgIpc) is 2.67. The molecule has 0 bridgehead atoms. The molecule has 0 spiro atoms. The number of rotatable bonds is 2. The van der Waals surface area contributed by atoms with Crippen LogP contribution in [-0.4, -0.2) is 29.3 Å². The molecule has 1 aromatic heterocycles. The lowest BCUT2D eigenvalue weighted by Crippen LogP contribution is -2.21. The Morgan fingerprint density at radius 3 is 2.86 bits per heavy atom. The van der Waals surface area contributed by atoms with E-state index < -0.39 is 6.17 Å². The molecule has 4 heteroatoms. The van der Waals surface area contributed by atoms with Crippen molar-refractivity contribution in [2.45, 2.75) is 33.0 Å². The minimum absolute atomic E-state index is 0.546. The van der Waals surface area contributed by atoms with Crippen LogP contribution in [0.5, 0.6) is 0 Å². The van der Waals surface area contributed by atoms with E-state index in [1.54, 1.807) is 0 Å². The van der Waals surface area contributed by atoms with Gasteiger partial charge >= 0.3 is 0 Å². The van der Waals surface area contributed by atoms with E-state index in [1.807, 2.05) is 13.8 Å². The van der Waals surface area contributed by atoms with Gasteiger partial charge in [-0.3, -0.25) is 4.90 Å². The number of hydrogen-bond donors (Lipinski definition) is 0. The van der Waals surface area contributed by atoms with Crippen LogP contribution in [0.3, 0.4) is 0 Å². The predicted molar refractivity (Wildman–Crippen MR) is 50.8 cm³/mol. The SMILES string of the molecule is Cc1noc(C)c1CN1CCC(F)C1. The largest absolute Gasteiger partial charge is 0.361 e. The highest BCUT2D eigenvalue weighted by molar-refractivity contribution is 5.20. The lowest BCUT2D eigenvalue weighted by molar-refractivity contribution is 0.280. The molecule has 0 amide bonds. The van der Waals surface area contributed by atoms with Crippen molar-refractivity contribution in [3.8, 4) is 0 Å². The van der Waals surface area contributed by atoms with Crippen molar-refractivity contribution in [3.05, 3.63) is 17.0 Å². The van der Waals surface area contributed by atoms with Crippen molar-refractivity contribution in [1.29, 1.82) is 0 Å². The zero-order chi connectivity index (χ0) is 10.1. The third kappa shape index (κ3) is 1.80. The van der Waals surface area contributed by atoms with Crippen LogP contribution in [-0.2, 0) is 6.54 Å². The molecule has 0 radical (unpaired) electrons. The molecule has 0 saturated carbocycles. The summed E-state index contributed by atoms with van der Waals surface area (Å²) < 4.78 is 18.0. The summed E-state index contributed by atoms with van der Waals surface area (Å²) in [6.45, 7) is 5.98. The molecule has 0 N–H and O–H groups in total. The standard InChI is InChI=1S/C10H15FN2O/c1-7-10(8(2)14-12-7)6-13-4-3-9(11)5-13/h9H,3-6H2,1-2H3. The molecule has 0 aliphatic carbocycles. The monoisotopic (exact) mass is 198 g/mol. The Morgan fingerprint density at radius 1 is 1.57 bits per heavy atom. The molecular weight excluding hydrogens is 183 g/mol. The molecule has 1 saturated heterocycles. The maximum absolute atomic E-state index is 12.9. The minimum Gasteiger partial charge on any atom is -0.361 e. The molecule has 2 rings (SSSR count). The van der Waals surface area contributed by atoms with Gasteiger partial charge in [-0.2, -0.15) is 0 Å². The molecule has 0 aromatic carbocycles. The predicted octanol–water partition coefficient (Wildman–Crippen LogP) is 1.84. The Morgan fingerprint density at radius 2 is 2.36 bits per heavy atom. The van der Waals surface area contributed by atoms with Crippen molar-refractivity contribution in [2.24, 2.45) is 0 Å². The molecule has 2 heterocycles. The summed E-state index contributed by atoms with van der Waals surface area (Å²) in [5, 5.41) is 3.88. The number of aryl methyl sites for hydroxylation is 2. The molecule has 1 aliphatic heterocycles. The second-order valence-corrected chi connectivity index (χ2v) is 3.92. The van der Waals surface area contributed by atoms with E-state index in [0.717, 1.165) is 30.1 Å². The molecule has 1 atom stereocenters. The number of nitrogens with zero attached hydrogens (tertiary/aromatic N) is 2. The van der Waals surface area contributed by atoms with Gasteiger partial charge in [-0.1, -0.05) is 5.16 Å². The van der Waals surface area contributed by atoms with Crippen LogP contribution in [0.15, 0.2) is 4.52 Å². The second kappa shape index (κ2) is 3.69. The number of alkyl halides is 1. The third-order valence-corrected chi connectivity index (χ3v) is 2.78. The van der Waals surface area contributed by atoms with E-state index in [9.17, 15) is 4.39 Å². The van der Waals surface area contributed by atoms with Gasteiger partial charge in [0, 0.05) is 25.2 Å². The molecule has 3 nitrogen and oxygen atoms in total. The summed E-state index contributed by atoms with van der Waals surface area (Å²) in [5.41, 5.74) is 2.03. The van der Waals surface area contributed by atoms with Crippen molar-refractivity contribution < 1.29 is 8.91 Å². The fourth-order valence-corrected chi connectivity index (χ4v) is 1.88. The van der Waals surface area contributed by atoms with E-state index in [1.165, 1.54) is 0 Å². The maximum atomic E-state index is 12.9. The molecule has 78 valence electrons. The van der Waals surface area contributed by atoms with Crippen molar-refractivity contribution in [2.75, 3.05) is 13.1 Å². The first-order chi connectivity index (χ1) is 6.66. The maximum Gasteiger partial charge on any atom is 0.138 e. The highest BCUT2D eigenvalue weighted by atomic mass is 19.1. The van der Waals surface area contributed by atoms with Crippen molar-refractivity contribution in [1.82, 2.24) is 10.1 Å². The van der Waals surface area contributed by atoms with Gasteiger partial charge in [0.2, 0.25) is 0 Å². The molecule has 1 aromatic rings. The topological polar surface area (TPSA) is 29.3 Å². The zero-order valence-corrected chi connectivity index (χ0v) is 8.59. The third-order valence-electron chi connectivity index (χ3n) is 2.78. The van der Waals surface area contributed by atoms with Gasteiger partial charge in [-0.15, -0.1) is 0 Å². The molecule has 1 fully saturated rings. The van der Waals surface area contributed by atoms with Gasteiger partial charge in [-0.05, 0) is 20.3 Å². The first kappa shape index (κ1) is 9.65. The summed E-state index contributed by atoms with van der Waals surface area (Å²) in [6, 6.07) is 0. The van der Waals surface area contributed by atoms with Gasteiger partial charge in [0.05, 0.1) is 5.69 Å². The highest BCUT2D eigenvalue weighted by Gasteiger charge is 2.23. The van der Waals surface area contributed by atoms with Gasteiger partial charge in [0.1, 0.15) is 11.9 Å². The molecule has 14 heavy (non-hydrogen) atoms. The van der Waals surface area contributed by atoms with Crippen LogP contribution in [0.25, 0.3) is 0 Å². The van der Waals surface area contributed by atoms with Crippen molar-refractivity contribution >= 4 is 0 Å². The van der Waals surface area contributed by atoms with E-state index in [2.05, 4.69) is 10.1 Å². The molecule has 1 aliphatic rings. The lowest BCUT2D eigenvalue weighted by atomic mass is 10.2. The summed E-state index contributed by atoms with van der Waals surface area (Å²) in [4.78, 5) is 2.11. The molecule has 1 unspecified atom stereocenters. The molecular formula is C10H15FN2O. The Kier molecular flexibility index (Phi) is 2.54. The minimum atomic E-state index is -0.657. The van der Waals surface area contributed by atoms with Crippen molar-refractivity contribution in [3.63, 3.8) is 0 Å². The van der Waals surface area contributed by atoms with E-state index in [0.29, 0.717) is 13.0 Å². The van der Waals surface area contributed by atoms with Crippen LogP contribution in [0.2, 0.25) is 0 Å². The van der Waals surface area contributed by atoms with Crippen LogP contribution in [0.1, 0.15) is 23.4 Å². The van der Waals surface area contributed by atoms with E-state index >= 15 is 0 Å². The second-order valence-electron chi connectivity index (χ2n) is 3.92. The Hall–Kier alpha value is -0.900. The summed E-state index contributed by atoms with van der Waals surface area (Å²) in [7, 11) is 0. The number of likely N-dealkylation sites (tertiary alicyclic amines) is 1. The fourth-order valence-electron chi connectivity index (χ4n) is 1.88. The van der Waals surface area contributed by atoms with Crippen LogP contribution in [0, 0.1) is 13.8 Å². The zero-order valence-electron chi connectivity index (χ0n) is 8.59.